The van der Waals surface area contributed by atoms with Crippen LogP contribution >= 0.6 is 0 Å². The minimum absolute atomic E-state index is 0.189. The van der Waals surface area contributed by atoms with Crippen LogP contribution in [0.2, 0.25) is 0 Å². The lowest BCUT2D eigenvalue weighted by Crippen LogP contribution is -2.42. The largest absolute Gasteiger partial charge is 0.451 e. The second-order valence-corrected chi connectivity index (χ2v) is 6.86. The molecule has 2 aliphatic rings. The second kappa shape index (κ2) is 5.54. The zero-order valence-corrected chi connectivity index (χ0v) is 13.6. The maximum absolute atomic E-state index is 12.2. The van der Waals surface area contributed by atoms with E-state index in [1.807, 2.05) is 6.92 Å². The lowest BCUT2D eigenvalue weighted by Gasteiger charge is -2.38. The highest BCUT2D eigenvalue weighted by Gasteiger charge is 2.52. The van der Waals surface area contributed by atoms with Crippen molar-refractivity contribution < 1.29 is 14.3 Å². The third-order valence-electron chi connectivity index (χ3n) is 5.09. The van der Waals surface area contributed by atoms with Crippen molar-refractivity contribution in [1.29, 1.82) is 0 Å². The topological polar surface area (TPSA) is 35.5 Å². The van der Waals surface area contributed by atoms with Crippen molar-refractivity contribution in [3.05, 3.63) is 47.5 Å². The van der Waals surface area contributed by atoms with Crippen LogP contribution in [0.3, 0.4) is 0 Å². The van der Waals surface area contributed by atoms with Gasteiger partial charge in [0.25, 0.3) is 0 Å². The highest BCUT2D eigenvalue weighted by Crippen LogP contribution is 2.49. The number of fused-ring (bicyclic) bond motifs is 2. The van der Waals surface area contributed by atoms with E-state index in [2.05, 4.69) is 37.8 Å². The molecule has 0 saturated carbocycles. The molecule has 1 aromatic rings. The van der Waals surface area contributed by atoms with Gasteiger partial charge in [-0.25, -0.2) is 4.79 Å². The Kier molecular flexibility index (Phi) is 3.85. The zero-order chi connectivity index (χ0) is 15.9. The third-order valence-corrected chi connectivity index (χ3v) is 5.09. The van der Waals surface area contributed by atoms with E-state index in [4.69, 9.17) is 9.47 Å². The number of rotatable bonds is 4. The van der Waals surface area contributed by atoms with Crippen molar-refractivity contribution in [2.24, 2.45) is 5.92 Å². The van der Waals surface area contributed by atoms with Crippen LogP contribution in [0.25, 0.3) is 0 Å². The maximum Gasteiger partial charge on any atom is 0.334 e. The minimum Gasteiger partial charge on any atom is -0.451 e. The average molecular weight is 300 g/mol. The van der Waals surface area contributed by atoms with Crippen molar-refractivity contribution in [2.45, 2.75) is 57.8 Å². The van der Waals surface area contributed by atoms with Crippen LogP contribution in [0.15, 0.2) is 36.4 Å². The van der Waals surface area contributed by atoms with Gasteiger partial charge in [0.2, 0.25) is 0 Å². The number of esters is 1. The highest BCUT2D eigenvalue weighted by atomic mass is 16.6. The van der Waals surface area contributed by atoms with E-state index in [1.165, 1.54) is 5.56 Å². The molecule has 3 rings (SSSR count). The van der Waals surface area contributed by atoms with Gasteiger partial charge in [0.05, 0.1) is 12.2 Å². The number of hydrogen-bond acceptors (Lipinski definition) is 3. The quantitative estimate of drug-likeness (QED) is 0.625. The van der Waals surface area contributed by atoms with Crippen LogP contribution in [-0.4, -0.2) is 18.2 Å². The maximum atomic E-state index is 12.2. The van der Waals surface area contributed by atoms with Crippen LogP contribution in [0.5, 0.6) is 0 Å². The zero-order valence-electron chi connectivity index (χ0n) is 13.6. The summed E-state index contributed by atoms with van der Waals surface area (Å²) in [6.45, 7) is 9.48. The van der Waals surface area contributed by atoms with Crippen LogP contribution < -0.4 is 0 Å². The van der Waals surface area contributed by atoms with E-state index in [0.717, 1.165) is 24.8 Å². The van der Waals surface area contributed by atoms with Gasteiger partial charge in [0.1, 0.15) is 5.60 Å². The molecule has 2 saturated heterocycles. The van der Waals surface area contributed by atoms with Crippen LogP contribution in [0, 0.1) is 12.8 Å². The van der Waals surface area contributed by atoms with Crippen LogP contribution in [-0.2, 0) is 19.9 Å². The average Bonchev–Trinajstić information content (AvgIpc) is 3.10. The number of aryl methyl sites for hydroxylation is 1. The van der Waals surface area contributed by atoms with Gasteiger partial charge in [-0.2, -0.15) is 0 Å². The first-order valence-corrected chi connectivity index (χ1v) is 8.01. The molecule has 22 heavy (non-hydrogen) atoms. The third kappa shape index (κ3) is 2.58. The van der Waals surface area contributed by atoms with Gasteiger partial charge < -0.3 is 9.47 Å². The Morgan fingerprint density at radius 3 is 2.50 bits per heavy atom. The van der Waals surface area contributed by atoms with Gasteiger partial charge in [-0.1, -0.05) is 36.4 Å². The first-order chi connectivity index (χ1) is 10.4. The Hall–Kier alpha value is -1.61. The molecule has 0 radical (unpaired) electrons. The van der Waals surface area contributed by atoms with Crippen molar-refractivity contribution in [2.75, 3.05) is 0 Å². The summed E-state index contributed by atoms with van der Waals surface area (Å²) in [5.74, 6) is -0.122. The molecular weight excluding hydrogens is 276 g/mol. The fourth-order valence-corrected chi connectivity index (χ4v) is 3.73. The predicted molar refractivity (Wildman–Crippen MR) is 85.4 cm³/mol. The van der Waals surface area contributed by atoms with Gasteiger partial charge in [0.15, 0.2) is 0 Å². The number of ether oxygens (including phenoxy) is 2. The molecule has 2 bridgehead atoms. The molecule has 4 unspecified atom stereocenters. The van der Waals surface area contributed by atoms with Gasteiger partial charge in [0, 0.05) is 11.5 Å². The van der Waals surface area contributed by atoms with E-state index < -0.39 is 5.60 Å². The van der Waals surface area contributed by atoms with E-state index in [1.54, 1.807) is 6.92 Å². The Bertz CT molecular complexity index is 589. The Morgan fingerprint density at radius 2 is 2.00 bits per heavy atom. The molecule has 0 amide bonds. The molecular formula is C19H24O3. The van der Waals surface area contributed by atoms with Crippen molar-refractivity contribution in [1.82, 2.24) is 0 Å². The summed E-state index contributed by atoms with van der Waals surface area (Å²) in [6.07, 6.45) is 3.65. The Labute approximate surface area is 132 Å². The molecule has 3 nitrogen and oxygen atoms in total. The van der Waals surface area contributed by atoms with Crippen molar-refractivity contribution in [3.8, 4) is 0 Å². The summed E-state index contributed by atoms with van der Waals surface area (Å²) in [4.78, 5) is 12.2. The summed E-state index contributed by atoms with van der Waals surface area (Å²) in [5, 5.41) is 0. The smallest absolute Gasteiger partial charge is 0.334 e. The van der Waals surface area contributed by atoms with Gasteiger partial charge in [-0.15, -0.1) is 0 Å². The van der Waals surface area contributed by atoms with Gasteiger partial charge in [-0.3, -0.25) is 0 Å². The molecule has 0 spiro atoms. The molecule has 2 fully saturated rings. The van der Waals surface area contributed by atoms with E-state index in [0.29, 0.717) is 11.7 Å². The molecule has 1 aromatic carbocycles. The van der Waals surface area contributed by atoms with Crippen molar-refractivity contribution in [3.63, 3.8) is 0 Å². The molecule has 0 N–H and O–H groups in total. The Balaban J connectivity index is 1.96. The number of carbonyl (C=O) groups is 1. The molecule has 4 atom stereocenters. The molecule has 118 valence electrons. The summed E-state index contributed by atoms with van der Waals surface area (Å²) >= 11 is 0. The molecule has 3 heteroatoms. The summed E-state index contributed by atoms with van der Waals surface area (Å²) < 4.78 is 11.9. The Morgan fingerprint density at radius 1 is 1.32 bits per heavy atom. The molecule has 2 aliphatic heterocycles. The normalized spacial score (nSPS) is 29.1. The first-order valence-electron chi connectivity index (χ1n) is 8.01. The summed E-state index contributed by atoms with van der Waals surface area (Å²) in [5.41, 5.74) is 2.00. The minimum atomic E-state index is -0.663. The molecule has 0 aromatic heterocycles. The van der Waals surface area contributed by atoms with Crippen LogP contribution in [0.1, 0.15) is 44.2 Å². The summed E-state index contributed by atoms with van der Waals surface area (Å²) in [7, 11) is 0. The fourth-order valence-electron chi connectivity index (χ4n) is 3.73. The standard InChI is InChI=1S/C19H24O3/c1-12(2)18(20)22-19(4,14-7-5-13(3)6-8-14)16-11-15-9-10-17(16)21-15/h5-8,15-17H,1,9-11H2,2-4H3. The van der Waals surface area contributed by atoms with Crippen LogP contribution in [0.4, 0.5) is 0 Å². The van der Waals surface area contributed by atoms with E-state index in [-0.39, 0.29) is 18.0 Å². The van der Waals surface area contributed by atoms with E-state index in [9.17, 15) is 4.79 Å². The number of benzene rings is 1. The van der Waals surface area contributed by atoms with Gasteiger partial charge in [-0.05, 0) is 45.6 Å². The molecule has 2 heterocycles. The van der Waals surface area contributed by atoms with Gasteiger partial charge >= 0.3 is 5.97 Å². The lowest BCUT2D eigenvalue weighted by atomic mass is 9.74. The number of hydrogen-bond donors (Lipinski definition) is 0. The first kappa shape index (κ1) is 15.3. The monoisotopic (exact) mass is 300 g/mol. The highest BCUT2D eigenvalue weighted by molar-refractivity contribution is 5.87. The van der Waals surface area contributed by atoms with E-state index >= 15 is 0 Å². The number of carbonyl (C=O) groups excluding carboxylic acids is 1. The fraction of sp³-hybridized carbons (Fsp3) is 0.526. The van der Waals surface area contributed by atoms with Crippen molar-refractivity contribution >= 4 is 5.97 Å². The SMILES string of the molecule is C=C(C)C(=O)OC(C)(c1ccc(C)cc1)C1CC2CCC1O2. The second-order valence-electron chi connectivity index (χ2n) is 6.86. The lowest BCUT2D eigenvalue weighted by molar-refractivity contribution is -0.163. The predicted octanol–water partition coefficient (Wildman–Crippen LogP) is 3.90. The molecule has 0 aliphatic carbocycles. The summed E-state index contributed by atoms with van der Waals surface area (Å²) in [6, 6.07) is 8.26.